The molecule has 0 aromatic heterocycles. The van der Waals surface area contributed by atoms with Crippen molar-refractivity contribution in [2.75, 3.05) is 19.6 Å². The number of hydrogen-bond acceptors (Lipinski definition) is 3. The molecular weight excluding hydrogens is 227 g/mol. The zero-order valence-electron chi connectivity index (χ0n) is 8.55. The van der Waals surface area contributed by atoms with E-state index in [1.807, 2.05) is 0 Å². The highest BCUT2D eigenvalue weighted by atomic mass is 19.4. The largest absolute Gasteiger partial charge is 0.490 e. The van der Waals surface area contributed by atoms with Gasteiger partial charge >= 0.3 is 12.1 Å². The number of nitrogens with two attached hydrogens (primary N) is 1. The number of carboxylic acid groups (broad SMARTS) is 1. The smallest absolute Gasteiger partial charge is 0.475 e. The van der Waals surface area contributed by atoms with Crippen LogP contribution in [0.25, 0.3) is 0 Å². The van der Waals surface area contributed by atoms with Gasteiger partial charge < -0.3 is 10.8 Å². The van der Waals surface area contributed by atoms with Gasteiger partial charge in [-0.25, -0.2) is 4.79 Å². The molecule has 0 aromatic rings. The van der Waals surface area contributed by atoms with E-state index in [4.69, 9.17) is 21.0 Å². The van der Waals surface area contributed by atoms with Gasteiger partial charge in [0.1, 0.15) is 5.84 Å². The van der Waals surface area contributed by atoms with Gasteiger partial charge in [-0.1, -0.05) is 0 Å². The van der Waals surface area contributed by atoms with Crippen LogP contribution in [-0.2, 0) is 4.79 Å². The van der Waals surface area contributed by atoms with Gasteiger partial charge in [0.15, 0.2) is 0 Å². The number of amidine groups is 1. The Balaban J connectivity index is 0.000000293. The van der Waals surface area contributed by atoms with E-state index in [0.717, 1.165) is 13.1 Å². The Hall–Kier alpha value is -1.31. The first kappa shape index (κ1) is 14.7. The summed E-state index contributed by atoms with van der Waals surface area (Å²) in [5.74, 6) is -2.47. The highest BCUT2D eigenvalue weighted by Gasteiger charge is 2.38. The number of likely N-dealkylation sites (tertiary alicyclic amines) is 1. The molecule has 1 aliphatic rings. The molecule has 94 valence electrons. The zero-order chi connectivity index (χ0) is 12.8. The second-order valence-corrected chi connectivity index (χ2v) is 3.31. The molecule has 1 heterocycles. The predicted molar refractivity (Wildman–Crippen MR) is 51.3 cm³/mol. The van der Waals surface area contributed by atoms with Gasteiger partial charge in [0.25, 0.3) is 0 Å². The van der Waals surface area contributed by atoms with Crippen molar-refractivity contribution in [3.8, 4) is 0 Å². The number of alkyl halides is 3. The molecule has 1 rings (SSSR count). The third kappa shape index (κ3) is 7.04. The third-order valence-electron chi connectivity index (χ3n) is 1.84. The van der Waals surface area contributed by atoms with Gasteiger partial charge in [0.05, 0.1) is 6.54 Å². The molecule has 16 heavy (non-hydrogen) atoms. The van der Waals surface area contributed by atoms with Crippen LogP contribution in [0.5, 0.6) is 0 Å². The fourth-order valence-corrected chi connectivity index (χ4v) is 1.18. The lowest BCUT2D eigenvalue weighted by Gasteiger charge is -2.11. The van der Waals surface area contributed by atoms with E-state index in [2.05, 4.69) is 4.90 Å². The Morgan fingerprint density at radius 2 is 1.75 bits per heavy atom. The van der Waals surface area contributed by atoms with Crippen LogP contribution in [0.1, 0.15) is 12.8 Å². The number of aliphatic carboxylic acids is 1. The molecule has 0 saturated carbocycles. The zero-order valence-corrected chi connectivity index (χ0v) is 8.55. The first-order chi connectivity index (χ1) is 7.23. The van der Waals surface area contributed by atoms with E-state index in [1.54, 1.807) is 0 Å². The molecule has 5 nitrogen and oxygen atoms in total. The maximum Gasteiger partial charge on any atom is 0.490 e. The predicted octanol–water partition coefficient (Wildman–Crippen LogP) is 0.651. The van der Waals surface area contributed by atoms with Crippen LogP contribution < -0.4 is 5.73 Å². The van der Waals surface area contributed by atoms with E-state index < -0.39 is 12.1 Å². The first-order valence-electron chi connectivity index (χ1n) is 4.59. The van der Waals surface area contributed by atoms with E-state index in [-0.39, 0.29) is 5.84 Å². The Bertz CT molecular complexity index is 249. The Morgan fingerprint density at radius 3 is 2.00 bits per heavy atom. The van der Waals surface area contributed by atoms with Gasteiger partial charge in [-0.15, -0.1) is 0 Å². The summed E-state index contributed by atoms with van der Waals surface area (Å²) in [6, 6.07) is 0. The van der Waals surface area contributed by atoms with Gasteiger partial charge in [-0.2, -0.15) is 13.2 Å². The molecular formula is C8H14F3N3O2. The molecule has 0 amide bonds. The third-order valence-corrected chi connectivity index (χ3v) is 1.84. The van der Waals surface area contributed by atoms with Crippen molar-refractivity contribution in [2.45, 2.75) is 19.0 Å². The molecule has 1 fully saturated rings. The molecule has 1 saturated heterocycles. The molecule has 4 N–H and O–H groups in total. The summed E-state index contributed by atoms with van der Waals surface area (Å²) in [7, 11) is 0. The van der Waals surface area contributed by atoms with Crippen LogP contribution in [0.4, 0.5) is 13.2 Å². The minimum absolute atomic E-state index is 0.289. The van der Waals surface area contributed by atoms with E-state index in [0.29, 0.717) is 6.54 Å². The fourth-order valence-electron chi connectivity index (χ4n) is 1.18. The van der Waals surface area contributed by atoms with Crippen molar-refractivity contribution in [3.63, 3.8) is 0 Å². The van der Waals surface area contributed by atoms with Gasteiger partial charge in [-0.3, -0.25) is 10.3 Å². The quantitative estimate of drug-likeness (QED) is 0.489. The lowest BCUT2D eigenvalue weighted by Crippen LogP contribution is -2.30. The van der Waals surface area contributed by atoms with Gasteiger partial charge in [0.2, 0.25) is 0 Å². The summed E-state index contributed by atoms with van der Waals surface area (Å²) in [4.78, 5) is 11.1. The summed E-state index contributed by atoms with van der Waals surface area (Å²) < 4.78 is 31.7. The van der Waals surface area contributed by atoms with E-state index in [9.17, 15) is 13.2 Å². The molecule has 0 aliphatic carbocycles. The van der Waals surface area contributed by atoms with Gasteiger partial charge in [-0.05, 0) is 25.9 Å². The second-order valence-electron chi connectivity index (χ2n) is 3.31. The average molecular weight is 241 g/mol. The lowest BCUT2D eigenvalue weighted by atomic mass is 10.4. The summed E-state index contributed by atoms with van der Waals surface area (Å²) in [6.07, 6.45) is -2.54. The number of nitrogens with zero attached hydrogens (tertiary/aromatic N) is 1. The maximum absolute atomic E-state index is 10.6. The first-order valence-corrected chi connectivity index (χ1v) is 4.59. The van der Waals surface area contributed by atoms with Crippen molar-refractivity contribution >= 4 is 11.8 Å². The molecule has 0 bridgehead atoms. The summed E-state index contributed by atoms with van der Waals surface area (Å²) in [5.41, 5.74) is 5.21. The lowest BCUT2D eigenvalue weighted by molar-refractivity contribution is -0.192. The van der Waals surface area contributed by atoms with Crippen LogP contribution in [-0.4, -0.2) is 47.6 Å². The molecule has 0 radical (unpaired) electrons. The van der Waals surface area contributed by atoms with Crippen molar-refractivity contribution in [1.29, 1.82) is 5.41 Å². The Kier molecular flexibility index (Phi) is 5.79. The van der Waals surface area contributed by atoms with Crippen molar-refractivity contribution in [2.24, 2.45) is 5.73 Å². The number of carbonyl (C=O) groups is 1. The number of rotatable bonds is 2. The number of halogens is 3. The Labute approximate surface area is 90.5 Å². The van der Waals surface area contributed by atoms with Crippen LogP contribution in [0, 0.1) is 5.41 Å². The fraction of sp³-hybridized carbons (Fsp3) is 0.750. The van der Waals surface area contributed by atoms with Crippen molar-refractivity contribution in [1.82, 2.24) is 4.90 Å². The number of carboxylic acids is 1. The maximum atomic E-state index is 10.6. The minimum Gasteiger partial charge on any atom is -0.475 e. The second kappa shape index (κ2) is 6.31. The van der Waals surface area contributed by atoms with E-state index >= 15 is 0 Å². The molecule has 0 atom stereocenters. The van der Waals surface area contributed by atoms with Crippen molar-refractivity contribution in [3.05, 3.63) is 0 Å². The topological polar surface area (TPSA) is 90.4 Å². The SMILES string of the molecule is N=C(N)CN1CCCC1.O=C(O)C(F)(F)F. The average Bonchev–Trinajstić information content (AvgIpc) is 2.54. The van der Waals surface area contributed by atoms with Gasteiger partial charge in [0, 0.05) is 0 Å². The number of hydrogen-bond donors (Lipinski definition) is 3. The summed E-state index contributed by atoms with van der Waals surface area (Å²) in [6.45, 7) is 2.92. The highest BCUT2D eigenvalue weighted by molar-refractivity contribution is 5.78. The molecule has 0 aromatic carbocycles. The van der Waals surface area contributed by atoms with E-state index in [1.165, 1.54) is 12.8 Å². The standard InChI is InChI=1S/C6H13N3.C2HF3O2/c7-6(8)5-9-3-1-2-4-9;3-2(4,5)1(6)7/h1-5H2,(H3,7,8);(H,6,7). The highest BCUT2D eigenvalue weighted by Crippen LogP contribution is 2.13. The summed E-state index contributed by atoms with van der Waals surface area (Å²) >= 11 is 0. The summed E-state index contributed by atoms with van der Waals surface area (Å²) in [5, 5.41) is 14.1. The molecule has 1 aliphatic heterocycles. The van der Waals surface area contributed by atoms with Crippen LogP contribution in [0.15, 0.2) is 0 Å². The van der Waals surface area contributed by atoms with Crippen LogP contribution in [0.3, 0.4) is 0 Å². The van der Waals surface area contributed by atoms with Crippen LogP contribution >= 0.6 is 0 Å². The minimum atomic E-state index is -5.08. The number of nitrogens with one attached hydrogen (secondary N) is 1. The normalized spacial score (nSPS) is 16.4. The Morgan fingerprint density at radius 1 is 1.38 bits per heavy atom. The molecule has 0 unspecified atom stereocenters. The van der Waals surface area contributed by atoms with Crippen LogP contribution in [0.2, 0.25) is 0 Å². The monoisotopic (exact) mass is 241 g/mol. The molecule has 0 spiro atoms. The molecule has 8 heteroatoms. The van der Waals surface area contributed by atoms with Crippen molar-refractivity contribution < 1.29 is 23.1 Å².